The zero-order valence-electron chi connectivity index (χ0n) is 16.2. The molecule has 3 rings (SSSR count). The lowest BCUT2D eigenvalue weighted by Crippen LogP contribution is -2.34. The molecule has 1 aliphatic heterocycles. The van der Waals surface area contributed by atoms with E-state index < -0.39 is 0 Å². The van der Waals surface area contributed by atoms with E-state index in [2.05, 4.69) is 16.0 Å². The molecule has 2 aromatic rings. The van der Waals surface area contributed by atoms with Crippen molar-refractivity contribution in [3.05, 3.63) is 53.6 Å². The van der Waals surface area contributed by atoms with E-state index in [0.717, 1.165) is 31.7 Å². The normalized spacial score (nSPS) is 14.2. The number of nitrogens with one attached hydrogen (secondary N) is 4. The Morgan fingerprint density at radius 3 is 2.59 bits per heavy atom. The molecule has 154 valence electrons. The minimum atomic E-state index is -0.228. The van der Waals surface area contributed by atoms with Crippen molar-refractivity contribution < 1.29 is 14.6 Å². The van der Waals surface area contributed by atoms with Crippen LogP contribution in [0.3, 0.4) is 0 Å². The van der Waals surface area contributed by atoms with Crippen LogP contribution < -0.4 is 26.4 Å². The molecular formula is C21H27N5O3. The predicted molar refractivity (Wildman–Crippen MR) is 113 cm³/mol. The van der Waals surface area contributed by atoms with E-state index in [1.54, 1.807) is 18.2 Å². The third kappa shape index (κ3) is 5.94. The third-order valence-electron chi connectivity index (χ3n) is 4.76. The van der Waals surface area contributed by atoms with Crippen molar-refractivity contribution >= 4 is 23.1 Å². The lowest BCUT2D eigenvalue weighted by molar-refractivity contribution is -0.114. The van der Waals surface area contributed by atoms with Crippen LogP contribution in [0.4, 0.5) is 11.4 Å². The van der Waals surface area contributed by atoms with Gasteiger partial charge in [0.15, 0.2) is 0 Å². The van der Waals surface area contributed by atoms with Gasteiger partial charge in [-0.25, -0.2) is 0 Å². The third-order valence-corrected chi connectivity index (χ3v) is 4.76. The number of aliphatic hydroxyl groups is 1. The fraction of sp³-hybridized carbons (Fsp3) is 0.333. The molecule has 0 bridgehead atoms. The van der Waals surface area contributed by atoms with Gasteiger partial charge in [0.25, 0.3) is 0 Å². The number of anilines is 2. The molecule has 1 aliphatic rings. The molecule has 2 aromatic carbocycles. The van der Waals surface area contributed by atoms with E-state index in [1.165, 1.54) is 0 Å². The number of carbonyl (C=O) groups is 1. The summed E-state index contributed by atoms with van der Waals surface area (Å²) in [6, 6.07) is 12.3. The lowest BCUT2D eigenvalue weighted by atomic mass is 10.1. The standard InChI is InChI=1S/C21H27N5O3/c22-21(23)14-1-2-15(13-27)19(11-14)25-12-20(28)26-16-3-5-17(6-4-16)29-18-7-9-24-10-8-18/h1-6,11,18,24-25,27H,7-10,12-13H2,(H3,22,23)(H,26,28). The average Bonchev–Trinajstić information content (AvgIpc) is 2.74. The zero-order valence-corrected chi connectivity index (χ0v) is 16.2. The molecular weight excluding hydrogens is 370 g/mol. The Hall–Kier alpha value is -3.10. The van der Waals surface area contributed by atoms with Gasteiger partial charge in [-0.1, -0.05) is 12.1 Å². The van der Waals surface area contributed by atoms with Crippen LogP contribution in [0.1, 0.15) is 24.0 Å². The van der Waals surface area contributed by atoms with Gasteiger partial charge in [-0.05, 0) is 56.3 Å². The Bertz CT molecular complexity index is 848. The number of amides is 1. The van der Waals surface area contributed by atoms with Crippen molar-refractivity contribution in [2.75, 3.05) is 30.3 Å². The van der Waals surface area contributed by atoms with Gasteiger partial charge in [0, 0.05) is 22.5 Å². The zero-order chi connectivity index (χ0) is 20.6. The van der Waals surface area contributed by atoms with Crippen molar-refractivity contribution in [2.24, 2.45) is 5.73 Å². The second kappa shape index (κ2) is 9.90. The number of benzene rings is 2. The molecule has 0 spiro atoms. The number of aliphatic hydroxyl groups excluding tert-OH is 1. The minimum absolute atomic E-state index is 0.0156. The van der Waals surface area contributed by atoms with Crippen molar-refractivity contribution in [1.82, 2.24) is 5.32 Å². The molecule has 1 heterocycles. The van der Waals surface area contributed by atoms with Gasteiger partial charge in [0.05, 0.1) is 13.2 Å². The topological polar surface area (TPSA) is 132 Å². The van der Waals surface area contributed by atoms with Crippen LogP contribution in [-0.4, -0.2) is 42.6 Å². The fourth-order valence-corrected chi connectivity index (χ4v) is 3.15. The van der Waals surface area contributed by atoms with E-state index in [9.17, 15) is 9.90 Å². The molecule has 0 unspecified atom stereocenters. The van der Waals surface area contributed by atoms with Gasteiger partial charge in [-0.15, -0.1) is 0 Å². The van der Waals surface area contributed by atoms with Crippen LogP contribution in [0.2, 0.25) is 0 Å². The second-order valence-electron chi connectivity index (χ2n) is 6.94. The number of amidine groups is 1. The number of hydrogen-bond donors (Lipinski definition) is 6. The first-order valence-corrected chi connectivity index (χ1v) is 9.64. The Balaban J connectivity index is 1.53. The number of ether oxygens (including phenoxy) is 1. The van der Waals surface area contributed by atoms with E-state index in [4.69, 9.17) is 15.9 Å². The number of rotatable bonds is 8. The van der Waals surface area contributed by atoms with Crippen molar-refractivity contribution in [3.8, 4) is 5.75 Å². The molecule has 0 aliphatic carbocycles. The van der Waals surface area contributed by atoms with Crippen LogP contribution in [-0.2, 0) is 11.4 Å². The van der Waals surface area contributed by atoms with Gasteiger partial charge in [0.1, 0.15) is 17.7 Å². The summed E-state index contributed by atoms with van der Waals surface area (Å²) in [4.78, 5) is 12.3. The molecule has 8 nitrogen and oxygen atoms in total. The molecule has 0 radical (unpaired) electrons. The number of hydrogen-bond acceptors (Lipinski definition) is 6. The summed E-state index contributed by atoms with van der Waals surface area (Å²) in [6.45, 7) is 1.78. The molecule has 1 fully saturated rings. The van der Waals surface area contributed by atoms with Crippen LogP contribution in [0, 0.1) is 5.41 Å². The van der Waals surface area contributed by atoms with Crippen LogP contribution in [0.5, 0.6) is 5.75 Å². The quantitative estimate of drug-likeness (QED) is 0.296. The maximum Gasteiger partial charge on any atom is 0.243 e. The summed E-state index contributed by atoms with van der Waals surface area (Å²) in [7, 11) is 0. The number of carbonyl (C=O) groups excluding carboxylic acids is 1. The highest BCUT2D eigenvalue weighted by atomic mass is 16.5. The molecule has 0 saturated carbocycles. The highest BCUT2D eigenvalue weighted by Gasteiger charge is 2.14. The first-order chi connectivity index (χ1) is 14.0. The SMILES string of the molecule is N=C(N)c1ccc(CO)c(NCC(=O)Nc2ccc(OC3CCNCC3)cc2)c1. The average molecular weight is 397 g/mol. The number of nitrogen functional groups attached to an aromatic ring is 1. The van der Waals surface area contributed by atoms with Crippen molar-refractivity contribution in [3.63, 3.8) is 0 Å². The molecule has 1 saturated heterocycles. The maximum atomic E-state index is 12.3. The summed E-state index contributed by atoms with van der Waals surface area (Å²) >= 11 is 0. The molecule has 0 aromatic heterocycles. The van der Waals surface area contributed by atoms with Crippen molar-refractivity contribution in [1.29, 1.82) is 5.41 Å². The maximum absolute atomic E-state index is 12.3. The first-order valence-electron chi connectivity index (χ1n) is 9.64. The Morgan fingerprint density at radius 1 is 1.21 bits per heavy atom. The Labute approximate surface area is 170 Å². The molecule has 7 N–H and O–H groups in total. The summed E-state index contributed by atoms with van der Waals surface area (Å²) in [6.07, 6.45) is 2.21. The monoisotopic (exact) mass is 397 g/mol. The van der Waals surface area contributed by atoms with Crippen LogP contribution in [0.15, 0.2) is 42.5 Å². The van der Waals surface area contributed by atoms with E-state index in [0.29, 0.717) is 22.5 Å². The molecule has 0 atom stereocenters. The molecule has 8 heteroatoms. The summed E-state index contributed by atoms with van der Waals surface area (Å²) < 4.78 is 5.96. The first kappa shape index (κ1) is 20.6. The highest BCUT2D eigenvalue weighted by Crippen LogP contribution is 2.20. The lowest BCUT2D eigenvalue weighted by Gasteiger charge is -2.23. The van der Waals surface area contributed by atoms with Gasteiger partial charge >= 0.3 is 0 Å². The second-order valence-corrected chi connectivity index (χ2v) is 6.94. The van der Waals surface area contributed by atoms with Crippen LogP contribution >= 0.6 is 0 Å². The Morgan fingerprint density at radius 2 is 1.93 bits per heavy atom. The van der Waals surface area contributed by atoms with Crippen molar-refractivity contribution in [2.45, 2.75) is 25.6 Å². The van der Waals surface area contributed by atoms with Gasteiger partial charge in [-0.2, -0.15) is 0 Å². The van der Waals surface area contributed by atoms with Gasteiger partial charge < -0.3 is 31.5 Å². The summed E-state index contributed by atoms with van der Waals surface area (Å²) in [5.41, 5.74) is 7.90. The van der Waals surface area contributed by atoms with E-state index >= 15 is 0 Å². The summed E-state index contributed by atoms with van der Waals surface area (Å²) in [5, 5.41) is 26.1. The molecule has 1 amide bonds. The summed E-state index contributed by atoms with van der Waals surface area (Å²) in [5.74, 6) is 0.490. The van der Waals surface area contributed by atoms with E-state index in [-0.39, 0.29) is 31.0 Å². The largest absolute Gasteiger partial charge is 0.490 e. The van der Waals surface area contributed by atoms with Gasteiger partial charge in [-0.3, -0.25) is 10.2 Å². The van der Waals surface area contributed by atoms with E-state index in [1.807, 2.05) is 24.3 Å². The molecule has 29 heavy (non-hydrogen) atoms. The predicted octanol–water partition coefficient (Wildman–Crippen LogP) is 1.64. The fourth-order valence-electron chi connectivity index (χ4n) is 3.15. The minimum Gasteiger partial charge on any atom is -0.490 e. The van der Waals surface area contributed by atoms with Gasteiger partial charge in [0.2, 0.25) is 5.91 Å². The highest BCUT2D eigenvalue weighted by molar-refractivity contribution is 5.97. The van der Waals surface area contributed by atoms with Crippen LogP contribution in [0.25, 0.3) is 0 Å². The number of piperidine rings is 1. The Kier molecular flexibility index (Phi) is 7.04. The smallest absolute Gasteiger partial charge is 0.243 e. The number of nitrogens with two attached hydrogens (primary N) is 1.